The highest BCUT2D eigenvalue weighted by Crippen LogP contribution is 2.71. The van der Waals surface area contributed by atoms with Gasteiger partial charge in [0.1, 0.15) is 0 Å². The first-order valence-corrected chi connectivity index (χ1v) is 16.2. The van der Waals surface area contributed by atoms with Gasteiger partial charge in [-0.25, -0.2) is 0 Å². The molecule has 5 N–H and O–H groups in total. The van der Waals surface area contributed by atoms with Crippen LogP contribution < -0.4 is 16.8 Å². The summed E-state index contributed by atoms with van der Waals surface area (Å²) in [7, 11) is 1.50. The van der Waals surface area contributed by atoms with Crippen molar-refractivity contribution in [2.45, 2.75) is 151 Å². The Kier molecular flexibility index (Phi) is 16.9. The van der Waals surface area contributed by atoms with Gasteiger partial charge in [0.25, 0.3) is 0 Å². The summed E-state index contributed by atoms with van der Waals surface area (Å²) in [6.07, 6.45) is 19.6. The molecule has 0 heterocycles. The van der Waals surface area contributed by atoms with Crippen molar-refractivity contribution in [2.75, 3.05) is 13.6 Å². The lowest BCUT2D eigenvalue weighted by Gasteiger charge is -2.68. The maximum atomic E-state index is 7.14. The van der Waals surface area contributed by atoms with Crippen LogP contribution in [0.1, 0.15) is 140 Å². The van der Waals surface area contributed by atoms with Crippen molar-refractivity contribution in [1.29, 1.82) is 0 Å². The number of rotatable bonds is 6. The molecule has 4 aliphatic rings. The smallest absolute Gasteiger partial charge is 0.0227 e. The third-order valence-electron chi connectivity index (χ3n) is 10.6. The van der Waals surface area contributed by atoms with Gasteiger partial charge in [-0.15, -0.1) is 12.3 Å². The van der Waals surface area contributed by atoms with E-state index < -0.39 is 0 Å². The number of terminal acetylenes is 1. The Morgan fingerprint density at radius 3 is 2.11 bits per heavy atom. The van der Waals surface area contributed by atoms with Gasteiger partial charge in [0.2, 0.25) is 0 Å². The monoisotopic (exact) mass is 520 g/mol. The van der Waals surface area contributed by atoms with E-state index in [1.807, 2.05) is 27.7 Å². The maximum absolute atomic E-state index is 7.14. The molecule has 4 aliphatic carbocycles. The molecule has 0 aromatic carbocycles. The second kappa shape index (κ2) is 17.2. The molecule has 9 unspecified atom stereocenters. The van der Waals surface area contributed by atoms with Gasteiger partial charge in [0.05, 0.1) is 0 Å². The van der Waals surface area contributed by atoms with Crippen LogP contribution in [0.25, 0.3) is 0 Å². The van der Waals surface area contributed by atoms with Crippen LogP contribution >= 0.6 is 0 Å². The van der Waals surface area contributed by atoms with E-state index in [0.29, 0.717) is 16.9 Å². The van der Waals surface area contributed by atoms with E-state index in [2.05, 4.69) is 58.5 Å². The first kappa shape index (κ1) is 36.4. The van der Waals surface area contributed by atoms with Crippen molar-refractivity contribution in [2.24, 2.45) is 51.9 Å². The zero-order valence-corrected chi connectivity index (χ0v) is 27.2. The second-order valence-electron chi connectivity index (χ2n) is 12.3. The average molecular weight is 520 g/mol. The standard InChI is InChI=1S/C26H44N2.C3H8.2C2H6.CH5N/c1-6-8-9-10-18(3)22-15-23-20-11-14-26(27)17-19(28-7-2)16-25(26,5)21(20)12-13-24(22,23)4;1-3-2;3*1-2/h1,18-23,28H,7-17,27H2,2-5H3;3H2,1-2H3;2*1-2H3;2H2,1H3. The molecule has 0 amide bonds. The number of hydrogen-bond donors (Lipinski definition) is 3. The van der Waals surface area contributed by atoms with Crippen molar-refractivity contribution in [3.63, 3.8) is 0 Å². The Balaban J connectivity index is 0.00000129. The normalized spacial score (nSPS) is 39.3. The molecular formula is C34H69N3. The molecule has 0 aliphatic heterocycles. The van der Waals surface area contributed by atoms with Gasteiger partial charge in [-0.1, -0.05) is 75.7 Å². The molecular weight excluding hydrogens is 450 g/mol. The highest BCUT2D eigenvalue weighted by atomic mass is 15.0. The molecule has 0 aromatic heterocycles. The number of nitrogens with two attached hydrogens (primary N) is 2. The molecule has 4 rings (SSSR count). The fourth-order valence-corrected chi connectivity index (χ4v) is 8.95. The highest BCUT2D eigenvalue weighted by Gasteiger charge is 2.67. The maximum Gasteiger partial charge on any atom is 0.0227 e. The highest BCUT2D eigenvalue weighted by molar-refractivity contribution is 5.19. The van der Waals surface area contributed by atoms with E-state index >= 15 is 0 Å². The van der Waals surface area contributed by atoms with Gasteiger partial charge in [-0.2, -0.15) is 0 Å². The van der Waals surface area contributed by atoms with Crippen LogP contribution in [0.5, 0.6) is 0 Å². The van der Waals surface area contributed by atoms with Gasteiger partial charge in [-0.05, 0) is 112 Å². The van der Waals surface area contributed by atoms with Crippen molar-refractivity contribution >= 4 is 0 Å². The molecule has 37 heavy (non-hydrogen) atoms. The van der Waals surface area contributed by atoms with Crippen LogP contribution in [0.15, 0.2) is 0 Å². The number of unbranched alkanes of at least 4 members (excludes halogenated alkanes) is 1. The fourth-order valence-electron chi connectivity index (χ4n) is 8.95. The zero-order chi connectivity index (χ0) is 28.9. The molecule has 4 saturated carbocycles. The molecule has 3 heteroatoms. The van der Waals surface area contributed by atoms with E-state index in [4.69, 9.17) is 12.2 Å². The summed E-state index contributed by atoms with van der Waals surface area (Å²) in [6.45, 7) is 23.3. The predicted octanol–water partition coefficient (Wildman–Crippen LogP) is 8.41. The van der Waals surface area contributed by atoms with Crippen LogP contribution in [0.2, 0.25) is 0 Å². The molecule has 0 aromatic rings. The van der Waals surface area contributed by atoms with Crippen LogP contribution in [-0.2, 0) is 0 Å². The van der Waals surface area contributed by atoms with Gasteiger partial charge >= 0.3 is 0 Å². The molecule has 0 radical (unpaired) electrons. The summed E-state index contributed by atoms with van der Waals surface area (Å²) in [5.74, 6) is 7.31. The van der Waals surface area contributed by atoms with Crippen molar-refractivity contribution in [3.05, 3.63) is 0 Å². The number of fused-ring (bicyclic) bond motifs is 5. The summed E-state index contributed by atoms with van der Waals surface area (Å²) in [5.41, 5.74) is 12.6. The van der Waals surface area contributed by atoms with Crippen molar-refractivity contribution in [3.8, 4) is 12.3 Å². The Morgan fingerprint density at radius 1 is 0.973 bits per heavy atom. The van der Waals surface area contributed by atoms with Gasteiger partial charge in [-0.3, -0.25) is 0 Å². The van der Waals surface area contributed by atoms with Crippen LogP contribution in [0.4, 0.5) is 0 Å². The first-order chi connectivity index (χ1) is 17.7. The quantitative estimate of drug-likeness (QED) is 0.244. The topological polar surface area (TPSA) is 64.1 Å². The summed E-state index contributed by atoms with van der Waals surface area (Å²) in [6, 6.07) is 0.636. The van der Waals surface area contributed by atoms with Crippen molar-refractivity contribution in [1.82, 2.24) is 5.32 Å². The molecule has 0 bridgehead atoms. The molecule has 3 nitrogen and oxygen atoms in total. The molecule has 0 saturated heterocycles. The lowest BCUT2D eigenvalue weighted by atomic mass is 9.37. The lowest BCUT2D eigenvalue weighted by Crippen LogP contribution is -2.65. The second-order valence-corrected chi connectivity index (χ2v) is 12.3. The van der Waals surface area contributed by atoms with Gasteiger partial charge < -0.3 is 16.8 Å². The minimum atomic E-state index is 0.0698. The van der Waals surface area contributed by atoms with E-state index in [1.165, 1.54) is 71.3 Å². The molecule has 220 valence electrons. The number of hydrogen-bond acceptors (Lipinski definition) is 3. The van der Waals surface area contributed by atoms with Crippen LogP contribution in [0, 0.1) is 52.8 Å². The van der Waals surface area contributed by atoms with E-state index in [-0.39, 0.29) is 5.54 Å². The minimum Gasteiger partial charge on any atom is -0.333 e. The molecule has 9 atom stereocenters. The summed E-state index contributed by atoms with van der Waals surface area (Å²) in [5, 5.41) is 3.74. The lowest BCUT2D eigenvalue weighted by molar-refractivity contribution is -0.186. The van der Waals surface area contributed by atoms with E-state index in [0.717, 1.165) is 42.6 Å². The summed E-state index contributed by atoms with van der Waals surface area (Å²) in [4.78, 5) is 0. The third kappa shape index (κ3) is 7.55. The van der Waals surface area contributed by atoms with Gasteiger partial charge in [0, 0.05) is 18.0 Å². The van der Waals surface area contributed by atoms with Crippen molar-refractivity contribution < 1.29 is 0 Å². The summed E-state index contributed by atoms with van der Waals surface area (Å²) < 4.78 is 0. The Labute approximate surface area is 234 Å². The Hall–Kier alpha value is -0.560. The Morgan fingerprint density at radius 2 is 1.57 bits per heavy atom. The SMILES string of the molecule is C#CCCCC(C)C1CC2C3CCC4(N)CC(NCC)CC4(C)C3CCC12C.CC.CC.CCC.CN. The van der Waals surface area contributed by atoms with Gasteiger partial charge in [0.15, 0.2) is 0 Å². The average Bonchev–Trinajstić information content (AvgIpc) is 3.16. The predicted molar refractivity (Wildman–Crippen MR) is 167 cm³/mol. The largest absolute Gasteiger partial charge is 0.333 e. The third-order valence-corrected chi connectivity index (χ3v) is 10.6. The first-order valence-electron chi connectivity index (χ1n) is 16.2. The summed E-state index contributed by atoms with van der Waals surface area (Å²) >= 11 is 0. The zero-order valence-electron chi connectivity index (χ0n) is 27.2. The fraction of sp³-hybridized carbons (Fsp3) is 0.941. The van der Waals surface area contributed by atoms with E-state index in [1.54, 1.807) is 0 Å². The minimum absolute atomic E-state index is 0.0698. The molecule has 0 spiro atoms. The molecule has 4 fully saturated rings. The van der Waals surface area contributed by atoms with Crippen LogP contribution in [-0.4, -0.2) is 25.2 Å². The Bertz CT molecular complexity index is 641. The number of nitrogens with one attached hydrogen (secondary N) is 1. The van der Waals surface area contributed by atoms with Crippen LogP contribution in [0.3, 0.4) is 0 Å². The van der Waals surface area contributed by atoms with E-state index in [9.17, 15) is 0 Å².